The van der Waals surface area contributed by atoms with Gasteiger partial charge < -0.3 is 19.0 Å². The Morgan fingerprint density at radius 2 is 1.70 bits per heavy atom. The van der Waals surface area contributed by atoms with Crippen molar-refractivity contribution in [3.05, 3.63) is 87.9 Å². The van der Waals surface area contributed by atoms with Crippen molar-refractivity contribution in [3.63, 3.8) is 0 Å². The number of hydrogen-bond acceptors (Lipinski definition) is 9. The van der Waals surface area contributed by atoms with Gasteiger partial charge in [-0.3, -0.25) is 5.10 Å². The number of benzene rings is 3. The molecule has 0 aliphatic carbocycles. The molecule has 2 aromatic heterocycles. The van der Waals surface area contributed by atoms with Crippen LogP contribution in [-0.2, 0) is 20.4 Å². The number of nitrogens with one attached hydrogen (secondary N) is 3. The van der Waals surface area contributed by atoms with Crippen LogP contribution in [0.15, 0.2) is 71.7 Å². The van der Waals surface area contributed by atoms with E-state index in [1.807, 2.05) is 36.4 Å². The summed E-state index contributed by atoms with van der Waals surface area (Å²) in [4.78, 5) is 9.58. The fourth-order valence-electron chi connectivity index (χ4n) is 4.99. The van der Waals surface area contributed by atoms with Gasteiger partial charge in [0.1, 0.15) is 23.6 Å². The number of aromatic amines is 1. The number of halogens is 2. The molecule has 0 saturated heterocycles. The number of aromatic nitrogens is 4. The van der Waals surface area contributed by atoms with E-state index >= 15 is 0 Å². The first-order chi connectivity index (χ1) is 25.4. The lowest BCUT2D eigenvalue weighted by Gasteiger charge is -2.29. The highest BCUT2D eigenvalue weighted by molar-refractivity contribution is 6.35. The van der Waals surface area contributed by atoms with Gasteiger partial charge in [0.05, 0.1) is 16.4 Å². The largest absolute Gasteiger partial charge is 0.465 e. The van der Waals surface area contributed by atoms with Gasteiger partial charge in [0.2, 0.25) is 5.88 Å². The number of H-pyrrole nitrogens is 1. The third-order valence-electron chi connectivity index (χ3n) is 9.10. The zero-order valence-electron chi connectivity index (χ0n) is 30.8. The molecular formula is C40H43Cl2N7O4. The van der Waals surface area contributed by atoms with Crippen molar-refractivity contribution in [1.29, 1.82) is 0 Å². The van der Waals surface area contributed by atoms with Crippen LogP contribution in [0.3, 0.4) is 0 Å². The van der Waals surface area contributed by atoms with Gasteiger partial charge in [-0.25, -0.2) is 20.3 Å². The van der Waals surface area contributed by atoms with Gasteiger partial charge in [0, 0.05) is 23.0 Å². The molecule has 0 aliphatic rings. The van der Waals surface area contributed by atoms with Crippen LogP contribution in [-0.4, -0.2) is 39.2 Å². The van der Waals surface area contributed by atoms with E-state index in [0.717, 1.165) is 29.7 Å². The van der Waals surface area contributed by atoms with Crippen molar-refractivity contribution in [2.75, 3.05) is 12.2 Å². The second-order valence-corrected chi connectivity index (χ2v) is 14.2. The maximum atomic E-state index is 6.47. The maximum absolute atomic E-state index is 6.47. The fraction of sp³-hybridized carbons (Fsp3) is 0.325. The molecule has 1 atom stereocenters. The van der Waals surface area contributed by atoms with E-state index in [4.69, 9.17) is 42.3 Å². The molecule has 0 fully saturated rings. The molecule has 0 bridgehead atoms. The summed E-state index contributed by atoms with van der Waals surface area (Å²) in [6.45, 7) is 15.2. The highest BCUT2D eigenvalue weighted by Crippen LogP contribution is 2.38. The Morgan fingerprint density at radius 1 is 0.943 bits per heavy atom. The van der Waals surface area contributed by atoms with Crippen LogP contribution in [0.25, 0.3) is 17.0 Å². The zero-order valence-corrected chi connectivity index (χ0v) is 32.3. The summed E-state index contributed by atoms with van der Waals surface area (Å²) >= 11 is 12.8. The van der Waals surface area contributed by atoms with E-state index in [0.29, 0.717) is 38.8 Å². The molecule has 11 nitrogen and oxygen atoms in total. The Labute approximate surface area is 320 Å². The van der Waals surface area contributed by atoms with Crippen molar-refractivity contribution in [2.24, 2.45) is 4.99 Å². The smallest absolute Gasteiger partial charge is 0.230 e. The molecule has 0 amide bonds. The molecule has 3 N–H and O–H groups in total. The van der Waals surface area contributed by atoms with Gasteiger partial charge in [0.25, 0.3) is 0 Å². The van der Waals surface area contributed by atoms with Crippen molar-refractivity contribution in [2.45, 2.75) is 78.4 Å². The number of ether oxygens (including phenoxy) is 3. The van der Waals surface area contributed by atoms with E-state index in [-0.39, 0.29) is 17.6 Å². The van der Waals surface area contributed by atoms with Crippen LogP contribution in [0.1, 0.15) is 72.4 Å². The molecule has 13 heteroatoms. The Hall–Kier alpha value is -5.33. The van der Waals surface area contributed by atoms with Gasteiger partial charge in [0.15, 0.2) is 30.2 Å². The second-order valence-electron chi connectivity index (χ2n) is 13.4. The summed E-state index contributed by atoms with van der Waals surface area (Å²) in [7, 11) is 0. The highest BCUT2D eigenvalue weighted by Gasteiger charge is 2.26. The summed E-state index contributed by atoms with van der Waals surface area (Å²) in [5.74, 6) is 7.00. The van der Waals surface area contributed by atoms with Crippen LogP contribution in [0, 0.1) is 24.1 Å². The normalized spacial score (nSPS) is 12.1. The number of anilines is 1. The Kier molecular flexibility index (Phi) is 12.8. The van der Waals surface area contributed by atoms with Crippen LogP contribution in [0.4, 0.5) is 11.4 Å². The number of rotatable bonds is 15. The minimum Gasteiger partial charge on any atom is -0.465 e. The molecule has 5 rings (SSSR count). The molecule has 0 aliphatic heterocycles. The molecule has 2 heterocycles. The summed E-state index contributed by atoms with van der Waals surface area (Å²) in [5.41, 5.74) is 7.50. The second kappa shape index (κ2) is 17.5. The molecule has 0 spiro atoms. The SMILES string of the molecule is CCC(C)(C)c1ccc(OC#CC#CONc2ccc(Cl)c(N=COC(C)NCOc3[nH]n4c(-c5ccccc5)nnc4c3Cl)c2)c(C(C)(C)CC)c1. The van der Waals surface area contributed by atoms with Crippen LogP contribution < -0.4 is 20.3 Å². The molecular weight excluding hydrogens is 713 g/mol. The summed E-state index contributed by atoms with van der Waals surface area (Å²) in [6, 6.07) is 21.1. The molecule has 276 valence electrons. The van der Waals surface area contributed by atoms with E-state index in [1.54, 1.807) is 29.6 Å². The summed E-state index contributed by atoms with van der Waals surface area (Å²) < 4.78 is 18.9. The summed E-state index contributed by atoms with van der Waals surface area (Å²) in [6.07, 6.45) is 8.02. The Balaban J connectivity index is 1.09. The molecule has 5 aromatic rings. The van der Waals surface area contributed by atoms with Crippen LogP contribution in [0.5, 0.6) is 11.6 Å². The molecule has 0 saturated carbocycles. The fourth-order valence-corrected chi connectivity index (χ4v) is 5.38. The van der Waals surface area contributed by atoms with Crippen molar-refractivity contribution in [1.82, 2.24) is 25.1 Å². The average Bonchev–Trinajstić information content (AvgIpc) is 3.71. The topological polar surface area (TPSA) is 119 Å². The quantitative estimate of drug-likeness (QED) is 0.0318. The number of hydrogen-bond donors (Lipinski definition) is 3. The predicted octanol–water partition coefficient (Wildman–Crippen LogP) is 9.40. The van der Waals surface area contributed by atoms with Crippen LogP contribution in [0.2, 0.25) is 10.0 Å². The molecule has 53 heavy (non-hydrogen) atoms. The predicted molar refractivity (Wildman–Crippen MR) is 211 cm³/mol. The van der Waals surface area contributed by atoms with Crippen molar-refractivity contribution >= 4 is 46.6 Å². The van der Waals surface area contributed by atoms with Crippen LogP contribution >= 0.6 is 23.2 Å². The van der Waals surface area contributed by atoms with E-state index in [9.17, 15) is 0 Å². The van der Waals surface area contributed by atoms with Gasteiger partial charge in [-0.1, -0.05) is 107 Å². The van der Waals surface area contributed by atoms with Crippen molar-refractivity contribution < 1.29 is 19.0 Å². The highest BCUT2D eigenvalue weighted by atomic mass is 35.5. The standard InChI is InChI=1S/C40H43Cl2N7O4/c1-8-39(4,5)29-17-20-34(31(23-29)40(6,7)9-2)50-21-13-14-22-53-48-30-18-19-32(41)33(24-30)44-26-51-27(3)43-25-52-38-35(42)37-46-45-36(49(37)47-38)28-15-11-10-12-16-28/h10-12,15-20,23-24,26-27,43,47-48H,8-9,25H2,1-7H3. The Morgan fingerprint density at radius 3 is 2.45 bits per heavy atom. The van der Waals surface area contributed by atoms with E-state index in [1.165, 1.54) is 12.0 Å². The minimum absolute atomic E-state index is 0.0676. The molecule has 3 aromatic carbocycles. The molecule has 0 radical (unpaired) electrons. The maximum Gasteiger partial charge on any atom is 0.230 e. The molecule has 1 unspecified atom stereocenters. The van der Waals surface area contributed by atoms with E-state index in [2.05, 4.69) is 109 Å². The van der Waals surface area contributed by atoms with Gasteiger partial charge >= 0.3 is 0 Å². The van der Waals surface area contributed by atoms with Gasteiger partial charge in [-0.2, -0.15) is 0 Å². The lowest BCUT2D eigenvalue weighted by atomic mass is 9.76. The first kappa shape index (κ1) is 38.9. The number of fused-ring (bicyclic) bond motifs is 1. The average molecular weight is 757 g/mol. The number of nitrogens with zero attached hydrogens (tertiary/aromatic N) is 4. The minimum atomic E-state index is -0.459. The van der Waals surface area contributed by atoms with E-state index < -0.39 is 6.23 Å². The van der Waals surface area contributed by atoms with Gasteiger partial charge in [-0.15, -0.1) is 10.2 Å². The lowest BCUT2D eigenvalue weighted by Crippen LogP contribution is -2.32. The Bertz CT molecular complexity index is 2170. The van der Waals surface area contributed by atoms with Gasteiger partial charge in [-0.05, 0) is 60.4 Å². The first-order valence-corrected chi connectivity index (χ1v) is 17.9. The third-order valence-corrected chi connectivity index (χ3v) is 9.76. The first-order valence-electron chi connectivity index (χ1n) is 17.2. The third kappa shape index (κ3) is 9.76. The zero-order chi connectivity index (χ0) is 38.0. The summed E-state index contributed by atoms with van der Waals surface area (Å²) in [5, 5.41) is 15.3. The lowest BCUT2D eigenvalue weighted by molar-refractivity contribution is 0.136. The van der Waals surface area contributed by atoms with Crippen molar-refractivity contribution in [3.8, 4) is 47.1 Å². The number of aliphatic imine (C=N–C) groups is 1. The monoisotopic (exact) mass is 755 g/mol.